The predicted octanol–water partition coefficient (Wildman–Crippen LogP) is 5.65. The molecule has 0 bridgehead atoms. The molecule has 0 spiro atoms. The molecule has 7 heterocycles. The fourth-order valence-corrected chi connectivity index (χ4v) is 7.44. The van der Waals surface area contributed by atoms with Crippen LogP contribution in [0.2, 0.25) is 0 Å². The van der Waals surface area contributed by atoms with Crippen molar-refractivity contribution in [3.63, 3.8) is 0 Å². The van der Waals surface area contributed by atoms with Gasteiger partial charge in [-0.05, 0) is 115 Å². The van der Waals surface area contributed by atoms with Crippen molar-refractivity contribution in [3.8, 4) is 34.2 Å². The summed E-state index contributed by atoms with van der Waals surface area (Å²) in [6.07, 6.45) is 4.26. The van der Waals surface area contributed by atoms with Crippen LogP contribution in [0.3, 0.4) is 0 Å². The molecular formula is C45H52BBrF2N12O7. The number of aromatic nitrogens is 10. The molecule has 0 unspecified atom stereocenters. The summed E-state index contributed by atoms with van der Waals surface area (Å²) in [4.78, 5) is 38.3. The van der Waals surface area contributed by atoms with Crippen molar-refractivity contribution in [2.24, 2.45) is 5.92 Å². The highest BCUT2D eigenvalue weighted by atomic mass is 79.9. The number of cyclic esters (lactones) is 1. The highest BCUT2D eigenvalue weighted by Gasteiger charge is 2.52. The van der Waals surface area contributed by atoms with E-state index in [0.29, 0.717) is 52.9 Å². The Bertz CT molecular complexity index is 2680. The second-order valence-corrected chi connectivity index (χ2v) is 18.1. The third kappa shape index (κ3) is 11.4. The Morgan fingerprint density at radius 2 is 1.34 bits per heavy atom. The summed E-state index contributed by atoms with van der Waals surface area (Å²) in [5.74, 6) is -0.185. The molecule has 6 aromatic rings. The van der Waals surface area contributed by atoms with E-state index in [4.69, 9.17) is 19.2 Å². The first-order valence-electron chi connectivity index (χ1n) is 22.1. The molecule has 68 heavy (non-hydrogen) atoms. The van der Waals surface area contributed by atoms with Crippen molar-refractivity contribution in [1.29, 1.82) is 0 Å². The van der Waals surface area contributed by atoms with Crippen LogP contribution in [0, 0.1) is 17.6 Å². The first-order valence-corrected chi connectivity index (χ1v) is 22.9. The van der Waals surface area contributed by atoms with E-state index in [1.165, 1.54) is 26.7 Å². The van der Waals surface area contributed by atoms with Gasteiger partial charge in [0.1, 0.15) is 29.1 Å². The van der Waals surface area contributed by atoms with Crippen LogP contribution in [-0.4, -0.2) is 123 Å². The first kappa shape index (κ1) is 49.8. The van der Waals surface area contributed by atoms with Crippen molar-refractivity contribution in [1.82, 2.24) is 50.4 Å². The third-order valence-electron chi connectivity index (χ3n) is 11.6. The molecule has 19 nitrogen and oxygen atoms in total. The third-order valence-corrected chi connectivity index (χ3v) is 12.1. The van der Waals surface area contributed by atoms with E-state index in [0.717, 1.165) is 29.6 Å². The van der Waals surface area contributed by atoms with E-state index < -0.39 is 42.2 Å². The topological polar surface area (TPSA) is 222 Å². The first-order chi connectivity index (χ1) is 32.5. The summed E-state index contributed by atoms with van der Waals surface area (Å²) in [6.45, 7) is 13.4. The molecule has 2 amide bonds. The zero-order valence-corrected chi connectivity index (χ0v) is 40.0. The van der Waals surface area contributed by atoms with Crippen LogP contribution >= 0.6 is 15.9 Å². The van der Waals surface area contributed by atoms with Crippen LogP contribution in [0.4, 0.5) is 25.0 Å². The summed E-state index contributed by atoms with van der Waals surface area (Å²) in [6, 6.07) is 16.4. The average Bonchev–Trinajstić information content (AvgIpc) is 4.16. The molecule has 2 N–H and O–H groups in total. The molecule has 0 aliphatic carbocycles. The zero-order valence-electron chi connectivity index (χ0n) is 38.5. The van der Waals surface area contributed by atoms with Gasteiger partial charge in [0.05, 0.1) is 43.1 Å². The molecule has 358 valence electrons. The number of ether oxygens (including phenoxy) is 1. The summed E-state index contributed by atoms with van der Waals surface area (Å²) in [5, 5.41) is 42.6. The largest absolute Gasteiger partial charge is 0.497 e. The number of benzene rings is 2. The van der Waals surface area contributed by atoms with Crippen molar-refractivity contribution in [2.45, 2.75) is 91.2 Å². The van der Waals surface area contributed by atoms with Crippen LogP contribution in [-0.2, 0) is 31.9 Å². The number of halogens is 3. The van der Waals surface area contributed by atoms with Crippen molar-refractivity contribution in [2.75, 3.05) is 36.1 Å². The highest BCUT2D eigenvalue weighted by molar-refractivity contribution is 9.10. The number of hydrogen-bond donors (Lipinski definition) is 2. The SMILES string of the molecule is CC1(C)OB(c2ccc(N3C[C@H](CO)OC3=O)cc2F)OC1(C)C.CCCn1nnc(-c2ccc(-c3ccc(N4C[C@H](CO)CC4=O)cc3F)cn2)n1.CCCn1nnc(-c2ccc(Br)cn2)n1. The molecule has 2 aromatic carbocycles. The lowest BCUT2D eigenvalue weighted by Crippen LogP contribution is -2.41. The number of anilines is 2. The maximum absolute atomic E-state index is 14.8. The van der Waals surface area contributed by atoms with Crippen molar-refractivity contribution in [3.05, 3.63) is 89.2 Å². The Labute approximate surface area is 400 Å². The van der Waals surface area contributed by atoms with Crippen molar-refractivity contribution >= 4 is 51.9 Å². The molecule has 0 saturated carbocycles. The number of rotatable bonds is 12. The normalized spacial score (nSPS) is 18.3. The van der Waals surface area contributed by atoms with Crippen LogP contribution in [0.25, 0.3) is 34.2 Å². The number of amides is 2. The fraction of sp³-hybridized carbons (Fsp3) is 0.422. The quantitative estimate of drug-likeness (QED) is 0.142. The van der Waals surface area contributed by atoms with E-state index in [2.05, 4.69) is 63.6 Å². The van der Waals surface area contributed by atoms with Gasteiger partial charge in [-0.15, -0.1) is 20.4 Å². The molecule has 4 aromatic heterocycles. The van der Waals surface area contributed by atoms with E-state index in [1.54, 1.807) is 53.6 Å². The predicted molar refractivity (Wildman–Crippen MR) is 250 cm³/mol. The monoisotopic (exact) mass is 1000 g/mol. The number of aliphatic hydroxyl groups excluding tert-OH is 2. The number of hydrogen-bond acceptors (Lipinski definition) is 15. The van der Waals surface area contributed by atoms with Gasteiger partial charge >= 0.3 is 13.2 Å². The second-order valence-electron chi connectivity index (χ2n) is 17.2. The molecule has 23 heteroatoms. The minimum absolute atomic E-state index is 0.0537. The van der Waals surface area contributed by atoms with Crippen LogP contribution < -0.4 is 15.3 Å². The Morgan fingerprint density at radius 1 is 0.750 bits per heavy atom. The molecule has 9 rings (SSSR count). The highest BCUT2D eigenvalue weighted by Crippen LogP contribution is 2.37. The van der Waals surface area contributed by atoms with E-state index in [-0.39, 0.29) is 43.5 Å². The number of pyridine rings is 2. The maximum Gasteiger partial charge on any atom is 0.497 e. The average molecular weight is 1000 g/mol. The van der Waals surface area contributed by atoms with Crippen LogP contribution in [0.15, 0.2) is 77.5 Å². The number of aliphatic hydroxyl groups is 2. The van der Waals surface area contributed by atoms with Gasteiger partial charge in [-0.1, -0.05) is 26.0 Å². The molecule has 0 radical (unpaired) electrons. The lowest BCUT2D eigenvalue weighted by molar-refractivity contribution is -0.117. The minimum atomic E-state index is -0.806. The smallest absolute Gasteiger partial charge is 0.441 e. The van der Waals surface area contributed by atoms with E-state index in [9.17, 15) is 23.5 Å². The Hall–Kier alpha value is -6.14. The number of nitrogens with zero attached hydrogens (tertiary/aromatic N) is 12. The van der Waals surface area contributed by atoms with Crippen LogP contribution in [0.1, 0.15) is 60.8 Å². The van der Waals surface area contributed by atoms with Crippen molar-refractivity contribution < 1.29 is 42.6 Å². The minimum Gasteiger partial charge on any atom is -0.441 e. The molecular weight excluding hydrogens is 949 g/mol. The second kappa shape index (κ2) is 21.4. The molecule has 3 aliphatic rings. The summed E-state index contributed by atoms with van der Waals surface area (Å²) in [7, 11) is -0.806. The van der Waals surface area contributed by atoms with Gasteiger partial charge in [0.25, 0.3) is 0 Å². The van der Waals surface area contributed by atoms with Gasteiger partial charge < -0.3 is 29.2 Å². The number of carbonyl (C=O) groups excluding carboxylic acids is 2. The van der Waals surface area contributed by atoms with Gasteiger partial charge in [-0.3, -0.25) is 19.7 Å². The number of aryl methyl sites for hydroxylation is 2. The fourth-order valence-electron chi connectivity index (χ4n) is 7.21. The summed E-state index contributed by atoms with van der Waals surface area (Å²) in [5.41, 5.74) is 2.32. The van der Waals surface area contributed by atoms with Gasteiger partial charge in [0.2, 0.25) is 17.6 Å². The lowest BCUT2D eigenvalue weighted by Gasteiger charge is -2.32. The molecule has 3 fully saturated rings. The van der Waals surface area contributed by atoms with Gasteiger partial charge in [-0.2, -0.15) is 9.59 Å². The molecule has 3 aliphatic heterocycles. The lowest BCUT2D eigenvalue weighted by atomic mass is 9.78. The Kier molecular flexibility index (Phi) is 15.7. The Morgan fingerprint density at radius 3 is 1.84 bits per heavy atom. The maximum atomic E-state index is 14.8. The van der Waals surface area contributed by atoms with Gasteiger partial charge in [0.15, 0.2) is 0 Å². The number of tetrazole rings is 2. The van der Waals surface area contributed by atoms with E-state index >= 15 is 0 Å². The van der Waals surface area contributed by atoms with Gasteiger partial charge in [0, 0.05) is 64.6 Å². The van der Waals surface area contributed by atoms with E-state index in [1.807, 2.05) is 46.8 Å². The van der Waals surface area contributed by atoms with Crippen LogP contribution in [0.5, 0.6) is 0 Å². The summed E-state index contributed by atoms with van der Waals surface area (Å²) >= 11 is 3.32. The Balaban J connectivity index is 0.000000158. The molecule has 3 saturated heterocycles. The standard InChI is InChI=1S/C20H21FN6O2.C16H21BFNO5.C9H10BrN5/c1-2-7-27-24-20(23-25-27)18-6-3-14(10-22-18)16-5-4-15(9-17(16)21)26-11-13(12-28)8-19(26)29;1-15(2)16(3,4)24-17(23-15)12-6-5-10(7-13(12)18)19-8-11(9-20)22-14(19)21;1-2-5-15-13-9(12-14-15)8-4-3-7(10)6-11-8/h3-6,9-10,13,28H,2,7-8,11-12H2,1H3;5-7,11,20H,8-9H2,1-4H3;3-4,6H,2,5H2,1H3/t13-;11-;/m11./s1. The zero-order chi connectivity index (χ0) is 48.8. The number of carbonyl (C=O) groups is 2. The molecule has 2 atom stereocenters. The van der Waals surface area contributed by atoms with Gasteiger partial charge in [-0.25, -0.2) is 13.6 Å². The summed E-state index contributed by atoms with van der Waals surface area (Å²) < 4.78 is 46.9.